The number of rotatable bonds is 4. The van der Waals surface area contributed by atoms with Crippen molar-refractivity contribution in [3.8, 4) is 28.5 Å². The van der Waals surface area contributed by atoms with Crippen molar-refractivity contribution in [1.29, 1.82) is 0 Å². The number of aryl methyl sites for hydroxylation is 3. The number of aliphatic imine (C=N–C) groups is 1. The van der Waals surface area contributed by atoms with Crippen LogP contribution >= 0.6 is 0 Å². The van der Waals surface area contributed by atoms with Gasteiger partial charge >= 0.3 is 0 Å². The summed E-state index contributed by atoms with van der Waals surface area (Å²) >= 11 is 0. The zero-order valence-electron chi connectivity index (χ0n) is 25.5. The van der Waals surface area contributed by atoms with Crippen LogP contribution in [0.3, 0.4) is 0 Å². The van der Waals surface area contributed by atoms with Gasteiger partial charge in [-0.25, -0.2) is 4.98 Å². The number of para-hydroxylation sites is 1. The number of ether oxygens (including phenoxy) is 1. The van der Waals surface area contributed by atoms with E-state index in [9.17, 15) is 5.11 Å². The fourth-order valence-corrected chi connectivity index (χ4v) is 7.28. The third kappa shape index (κ3) is 4.63. The summed E-state index contributed by atoms with van der Waals surface area (Å²) in [4.78, 5) is 12.6. The molecule has 1 aromatic heterocycles. The smallest absolute Gasteiger partial charge is 0.219 e. The Morgan fingerprint density at radius 1 is 0.756 bits per heavy atom. The van der Waals surface area contributed by atoms with Crippen LogP contribution in [0.2, 0.25) is 0 Å². The molecule has 0 saturated heterocycles. The number of amidine groups is 1. The Bertz CT molecular complexity index is 2130. The molecule has 0 radical (unpaired) electrons. The largest absolute Gasteiger partial charge is 0.506 e. The molecule has 2 aliphatic rings. The van der Waals surface area contributed by atoms with Gasteiger partial charge in [-0.3, -0.25) is 4.99 Å². The molecule has 2 heterocycles. The van der Waals surface area contributed by atoms with E-state index in [0.717, 1.165) is 23.2 Å². The van der Waals surface area contributed by atoms with Crippen molar-refractivity contribution >= 4 is 22.4 Å². The lowest BCUT2D eigenvalue weighted by Gasteiger charge is -2.34. The Hall–Kier alpha value is -5.42. The van der Waals surface area contributed by atoms with Gasteiger partial charge in [0.1, 0.15) is 22.9 Å². The highest BCUT2D eigenvalue weighted by Gasteiger charge is 2.42. The zero-order chi connectivity index (χ0) is 30.7. The van der Waals surface area contributed by atoms with Gasteiger partial charge in [0, 0.05) is 22.7 Å². The van der Waals surface area contributed by atoms with E-state index < -0.39 is 0 Å². The van der Waals surface area contributed by atoms with E-state index in [1.807, 2.05) is 42.5 Å². The molecule has 0 spiro atoms. The summed E-state index contributed by atoms with van der Waals surface area (Å²) in [5.74, 6) is 2.15. The van der Waals surface area contributed by atoms with Gasteiger partial charge in [-0.15, -0.1) is 0 Å². The molecule has 0 amide bonds. The van der Waals surface area contributed by atoms with E-state index in [0.29, 0.717) is 17.1 Å². The number of nitrogens with zero attached hydrogens (tertiary/aromatic N) is 3. The molecule has 5 heteroatoms. The maximum atomic E-state index is 10.4. The Kier molecular flexibility index (Phi) is 6.42. The number of anilines is 1. The molecular formula is C40H33N3O2. The normalized spacial score (nSPS) is 16.9. The number of phenolic OH excluding ortho intramolecular Hbond substituents is 1. The van der Waals surface area contributed by atoms with Gasteiger partial charge < -0.3 is 14.7 Å². The average Bonchev–Trinajstić information content (AvgIpc) is 3.32. The third-order valence-electron chi connectivity index (χ3n) is 9.04. The monoisotopic (exact) mass is 587 g/mol. The number of fused-ring (bicyclic) bond motifs is 6. The molecule has 0 fully saturated rings. The summed E-state index contributed by atoms with van der Waals surface area (Å²) in [5.41, 5.74) is 11.6. The maximum absolute atomic E-state index is 10.4. The predicted molar refractivity (Wildman–Crippen MR) is 182 cm³/mol. The van der Waals surface area contributed by atoms with Gasteiger partial charge in [-0.2, -0.15) is 0 Å². The summed E-state index contributed by atoms with van der Waals surface area (Å²) in [5, 5.41) is 11.2. The van der Waals surface area contributed by atoms with Crippen LogP contribution in [-0.4, -0.2) is 22.0 Å². The van der Waals surface area contributed by atoms with Gasteiger partial charge in [-0.05, 0) is 84.8 Å². The Morgan fingerprint density at radius 3 is 2.36 bits per heavy atom. The number of aromatic hydroxyl groups is 1. The highest BCUT2D eigenvalue weighted by molar-refractivity contribution is 6.13. The van der Waals surface area contributed by atoms with E-state index in [4.69, 9.17) is 9.73 Å². The Labute approximate surface area is 263 Å². The maximum Gasteiger partial charge on any atom is 0.219 e. The average molecular weight is 588 g/mol. The fraction of sp³-hybridized carbons (Fsp3) is 0.150. The lowest BCUT2D eigenvalue weighted by Crippen LogP contribution is -2.35. The first-order valence-corrected chi connectivity index (χ1v) is 15.4. The van der Waals surface area contributed by atoms with E-state index in [2.05, 4.69) is 97.4 Å². The molecule has 220 valence electrons. The zero-order valence-corrected chi connectivity index (χ0v) is 25.5. The second-order valence-corrected chi connectivity index (χ2v) is 12.2. The summed E-state index contributed by atoms with van der Waals surface area (Å²) in [6.07, 6.45) is 0.847. The minimum atomic E-state index is 0.0263. The standard InChI is InChI=1S/C40H33N3O2/c1-24-20-25(2)38(26(3)21-24)43-39-33-16-7-6-15-32(33)31-14-5-4-10-28(31)23-34(39)41-40(43)29-12-8-13-30(22-29)45-36-19-18-27-11-9-17-35(44)37(27)42-36/h4-22,34,39,44H,23H2,1-3H3/t34-,39+/m0/s1. The van der Waals surface area contributed by atoms with Crippen molar-refractivity contribution in [2.75, 3.05) is 4.90 Å². The van der Waals surface area contributed by atoms with E-state index in [1.165, 1.54) is 44.6 Å². The van der Waals surface area contributed by atoms with Crippen LogP contribution in [0.1, 0.15) is 39.4 Å². The molecular weight excluding hydrogens is 554 g/mol. The molecule has 2 atom stereocenters. The van der Waals surface area contributed by atoms with Gasteiger partial charge in [0.2, 0.25) is 5.88 Å². The van der Waals surface area contributed by atoms with Crippen LogP contribution in [-0.2, 0) is 6.42 Å². The molecule has 0 saturated carbocycles. The summed E-state index contributed by atoms with van der Waals surface area (Å²) in [6, 6.07) is 39.4. The molecule has 1 N–H and O–H groups in total. The number of benzene rings is 5. The molecule has 1 aliphatic heterocycles. The number of hydrogen-bond acceptors (Lipinski definition) is 5. The van der Waals surface area contributed by atoms with Crippen LogP contribution in [0.5, 0.6) is 17.4 Å². The molecule has 5 aromatic carbocycles. The van der Waals surface area contributed by atoms with Crippen molar-refractivity contribution in [2.45, 2.75) is 39.3 Å². The van der Waals surface area contributed by atoms with E-state index in [-0.39, 0.29) is 17.8 Å². The first-order valence-electron chi connectivity index (χ1n) is 15.4. The molecule has 6 aromatic rings. The summed E-state index contributed by atoms with van der Waals surface area (Å²) in [7, 11) is 0. The van der Waals surface area contributed by atoms with Crippen molar-refractivity contribution in [2.24, 2.45) is 4.99 Å². The molecule has 45 heavy (non-hydrogen) atoms. The molecule has 1 aliphatic carbocycles. The molecule has 0 unspecified atom stereocenters. The first kappa shape index (κ1) is 27.2. The fourth-order valence-electron chi connectivity index (χ4n) is 7.28. The van der Waals surface area contributed by atoms with E-state index >= 15 is 0 Å². The van der Waals surface area contributed by atoms with Crippen LogP contribution in [0.15, 0.2) is 120 Å². The van der Waals surface area contributed by atoms with Crippen LogP contribution in [0.4, 0.5) is 5.69 Å². The van der Waals surface area contributed by atoms with Gasteiger partial charge in [0.25, 0.3) is 0 Å². The lowest BCUT2D eigenvalue weighted by molar-refractivity contribution is 0.460. The van der Waals surface area contributed by atoms with Crippen LogP contribution < -0.4 is 9.64 Å². The minimum Gasteiger partial charge on any atom is -0.506 e. The Balaban J connectivity index is 1.27. The SMILES string of the molecule is Cc1cc(C)c(N2C(c3cccc(Oc4ccc5cccc(O)c5n4)c3)=N[C@H]3Cc4ccccc4-c4ccccc4[C@H]32)c(C)c1. The third-order valence-corrected chi connectivity index (χ3v) is 9.04. The summed E-state index contributed by atoms with van der Waals surface area (Å²) in [6.45, 7) is 6.57. The number of phenols is 1. The van der Waals surface area contributed by atoms with Crippen molar-refractivity contribution in [3.63, 3.8) is 0 Å². The van der Waals surface area contributed by atoms with Crippen LogP contribution in [0.25, 0.3) is 22.0 Å². The summed E-state index contributed by atoms with van der Waals surface area (Å²) < 4.78 is 6.29. The molecule has 5 nitrogen and oxygen atoms in total. The second kappa shape index (κ2) is 10.6. The minimum absolute atomic E-state index is 0.0263. The molecule has 8 rings (SSSR count). The topological polar surface area (TPSA) is 58.0 Å². The molecule has 0 bridgehead atoms. The Morgan fingerprint density at radius 2 is 1.51 bits per heavy atom. The highest BCUT2D eigenvalue weighted by atomic mass is 16.5. The first-order chi connectivity index (χ1) is 21.9. The van der Waals surface area contributed by atoms with Gasteiger partial charge in [0.05, 0.1) is 12.1 Å². The van der Waals surface area contributed by atoms with Gasteiger partial charge in [-0.1, -0.05) is 90.5 Å². The number of hydrogen-bond donors (Lipinski definition) is 1. The second-order valence-electron chi connectivity index (χ2n) is 12.2. The van der Waals surface area contributed by atoms with E-state index in [1.54, 1.807) is 6.07 Å². The van der Waals surface area contributed by atoms with Crippen molar-refractivity contribution < 1.29 is 9.84 Å². The lowest BCUT2D eigenvalue weighted by atomic mass is 9.92. The van der Waals surface area contributed by atoms with Crippen molar-refractivity contribution in [1.82, 2.24) is 4.98 Å². The van der Waals surface area contributed by atoms with Crippen molar-refractivity contribution in [3.05, 3.63) is 149 Å². The number of pyridine rings is 1. The highest BCUT2D eigenvalue weighted by Crippen LogP contribution is 2.48. The van der Waals surface area contributed by atoms with Crippen LogP contribution in [0, 0.1) is 20.8 Å². The predicted octanol–water partition coefficient (Wildman–Crippen LogP) is 9.26. The van der Waals surface area contributed by atoms with Gasteiger partial charge in [0.15, 0.2) is 0 Å². The quantitative estimate of drug-likeness (QED) is 0.223. The number of aromatic nitrogens is 1.